The maximum Gasteiger partial charge on any atom is 0.307 e. The first-order valence-corrected chi connectivity index (χ1v) is 12.5. The van der Waals surface area contributed by atoms with Crippen molar-refractivity contribution in [1.29, 1.82) is 0 Å². The van der Waals surface area contributed by atoms with Gasteiger partial charge in [-0.15, -0.1) is 0 Å². The van der Waals surface area contributed by atoms with Gasteiger partial charge in [-0.3, -0.25) is 4.79 Å². The van der Waals surface area contributed by atoms with Gasteiger partial charge in [0.05, 0.1) is 6.21 Å². The first kappa shape index (κ1) is 24.3. The van der Waals surface area contributed by atoms with Crippen molar-refractivity contribution < 1.29 is 18.4 Å². The second-order valence-corrected chi connectivity index (χ2v) is 9.35. The van der Waals surface area contributed by atoms with Crippen LogP contribution in [0.25, 0.3) is 5.69 Å². The van der Waals surface area contributed by atoms with Gasteiger partial charge in [0.15, 0.2) is 10.9 Å². The third kappa shape index (κ3) is 6.05. The predicted octanol–water partition coefficient (Wildman–Crippen LogP) is 6.77. The lowest BCUT2D eigenvalue weighted by Crippen LogP contribution is -2.16. The SMILES string of the molecule is Cc1ccc(C)n1-c1ccc(OCc2ccc(C(=O)N/N=C/c3ccc(Sc4ccccc4)o3)o2)cc1. The molecule has 0 radical (unpaired) electrons. The summed E-state index contributed by atoms with van der Waals surface area (Å²) in [4.78, 5) is 13.5. The summed E-state index contributed by atoms with van der Waals surface area (Å²) in [5.74, 6) is 1.45. The van der Waals surface area contributed by atoms with E-state index in [0.717, 1.165) is 15.7 Å². The number of hydrogen-bond acceptors (Lipinski definition) is 6. The van der Waals surface area contributed by atoms with Crippen LogP contribution in [0.15, 0.2) is 115 Å². The highest BCUT2D eigenvalue weighted by Gasteiger charge is 2.11. The molecule has 0 fully saturated rings. The summed E-state index contributed by atoms with van der Waals surface area (Å²) in [6.07, 6.45) is 1.44. The zero-order valence-electron chi connectivity index (χ0n) is 20.4. The quantitative estimate of drug-likeness (QED) is 0.174. The molecule has 37 heavy (non-hydrogen) atoms. The highest BCUT2D eigenvalue weighted by Crippen LogP contribution is 2.28. The average molecular weight is 512 g/mol. The lowest BCUT2D eigenvalue weighted by Gasteiger charge is -2.10. The van der Waals surface area contributed by atoms with Gasteiger partial charge >= 0.3 is 5.91 Å². The van der Waals surface area contributed by atoms with E-state index >= 15 is 0 Å². The number of ether oxygens (including phenoxy) is 1. The molecule has 3 heterocycles. The molecular weight excluding hydrogens is 486 g/mol. The minimum absolute atomic E-state index is 0.143. The Bertz CT molecular complexity index is 1490. The second-order valence-electron chi connectivity index (χ2n) is 8.27. The van der Waals surface area contributed by atoms with Crippen LogP contribution >= 0.6 is 11.8 Å². The number of carbonyl (C=O) groups excluding carboxylic acids is 1. The third-order valence-corrected chi connectivity index (χ3v) is 6.48. The maximum absolute atomic E-state index is 12.4. The average Bonchev–Trinajstić information content (AvgIpc) is 3.65. The highest BCUT2D eigenvalue weighted by atomic mass is 32.2. The molecule has 3 aromatic heterocycles. The van der Waals surface area contributed by atoms with Crippen LogP contribution in [0.2, 0.25) is 0 Å². The maximum atomic E-state index is 12.4. The minimum atomic E-state index is -0.463. The van der Waals surface area contributed by atoms with Crippen LogP contribution in [0.4, 0.5) is 0 Å². The van der Waals surface area contributed by atoms with E-state index < -0.39 is 5.91 Å². The Morgan fingerprint density at radius 1 is 0.919 bits per heavy atom. The van der Waals surface area contributed by atoms with Crippen molar-refractivity contribution in [3.8, 4) is 11.4 Å². The molecule has 7 nitrogen and oxygen atoms in total. The molecule has 0 spiro atoms. The third-order valence-electron chi connectivity index (χ3n) is 5.55. The van der Waals surface area contributed by atoms with E-state index in [4.69, 9.17) is 13.6 Å². The van der Waals surface area contributed by atoms with Crippen molar-refractivity contribution in [2.75, 3.05) is 0 Å². The smallest absolute Gasteiger partial charge is 0.307 e. The highest BCUT2D eigenvalue weighted by molar-refractivity contribution is 7.99. The molecule has 1 N–H and O–H groups in total. The van der Waals surface area contributed by atoms with E-state index in [9.17, 15) is 4.79 Å². The van der Waals surface area contributed by atoms with Gasteiger partial charge in [0.2, 0.25) is 0 Å². The molecule has 0 aliphatic rings. The van der Waals surface area contributed by atoms with Crippen LogP contribution in [0.5, 0.6) is 5.75 Å². The molecule has 0 unspecified atom stereocenters. The van der Waals surface area contributed by atoms with Crippen molar-refractivity contribution in [2.45, 2.75) is 30.4 Å². The Morgan fingerprint density at radius 2 is 1.68 bits per heavy atom. The van der Waals surface area contributed by atoms with Crippen LogP contribution in [-0.4, -0.2) is 16.7 Å². The van der Waals surface area contributed by atoms with E-state index in [1.807, 2.05) is 60.7 Å². The number of aromatic nitrogens is 1. The van der Waals surface area contributed by atoms with Gasteiger partial charge in [-0.25, -0.2) is 5.43 Å². The molecular formula is C29H25N3O4S. The normalized spacial score (nSPS) is 11.2. The number of hydrazone groups is 1. The van der Waals surface area contributed by atoms with Gasteiger partial charge in [-0.2, -0.15) is 5.10 Å². The van der Waals surface area contributed by atoms with Crippen molar-refractivity contribution in [1.82, 2.24) is 9.99 Å². The molecule has 0 aliphatic carbocycles. The first-order chi connectivity index (χ1) is 18.0. The van der Waals surface area contributed by atoms with Crippen LogP contribution in [0, 0.1) is 13.8 Å². The van der Waals surface area contributed by atoms with E-state index in [1.165, 1.54) is 29.4 Å². The number of carbonyl (C=O) groups is 1. The molecule has 2 aromatic carbocycles. The van der Waals surface area contributed by atoms with Crippen molar-refractivity contribution in [2.24, 2.45) is 5.10 Å². The number of rotatable bonds is 9. The minimum Gasteiger partial charge on any atom is -0.486 e. The number of amides is 1. The van der Waals surface area contributed by atoms with E-state index in [1.54, 1.807) is 18.2 Å². The molecule has 0 bridgehead atoms. The molecule has 0 aliphatic heterocycles. The Kier molecular flexibility index (Phi) is 7.28. The lowest BCUT2D eigenvalue weighted by molar-refractivity contribution is 0.0923. The summed E-state index contributed by atoms with van der Waals surface area (Å²) < 4.78 is 19.3. The molecule has 0 atom stereocenters. The van der Waals surface area contributed by atoms with Gasteiger partial charge in [0, 0.05) is 22.0 Å². The standard InChI is InChI=1S/C29H25N3O4S/c1-20-8-9-21(2)32(20)22-10-12-23(13-11-22)34-19-25-14-16-27(35-25)29(33)31-30-18-24-15-17-28(36-24)37-26-6-4-3-5-7-26/h3-18H,19H2,1-2H3,(H,31,33)/b30-18+. The van der Waals surface area contributed by atoms with Gasteiger partial charge < -0.3 is 18.1 Å². The van der Waals surface area contributed by atoms with Gasteiger partial charge in [0.25, 0.3) is 0 Å². The molecule has 5 aromatic rings. The fourth-order valence-electron chi connectivity index (χ4n) is 3.77. The monoisotopic (exact) mass is 511 g/mol. The van der Waals surface area contributed by atoms with E-state index in [-0.39, 0.29) is 12.4 Å². The Morgan fingerprint density at radius 3 is 2.43 bits per heavy atom. The Balaban J connectivity index is 1.11. The summed E-state index contributed by atoms with van der Waals surface area (Å²) in [6.45, 7) is 4.35. The number of furan rings is 2. The summed E-state index contributed by atoms with van der Waals surface area (Å²) >= 11 is 1.51. The number of aryl methyl sites for hydroxylation is 2. The summed E-state index contributed by atoms with van der Waals surface area (Å²) in [5, 5.41) is 4.70. The fraction of sp³-hybridized carbons (Fsp3) is 0.103. The van der Waals surface area contributed by atoms with Crippen LogP contribution in [-0.2, 0) is 6.61 Å². The molecule has 186 valence electrons. The van der Waals surface area contributed by atoms with Crippen molar-refractivity contribution in [3.63, 3.8) is 0 Å². The van der Waals surface area contributed by atoms with E-state index in [0.29, 0.717) is 17.3 Å². The number of benzene rings is 2. The van der Waals surface area contributed by atoms with Gasteiger partial charge in [0.1, 0.15) is 23.9 Å². The summed E-state index contributed by atoms with van der Waals surface area (Å²) in [6, 6.07) is 28.9. The van der Waals surface area contributed by atoms with Crippen molar-refractivity contribution >= 4 is 23.9 Å². The summed E-state index contributed by atoms with van der Waals surface area (Å²) in [5.41, 5.74) is 5.87. The van der Waals surface area contributed by atoms with E-state index in [2.05, 4.69) is 41.1 Å². The number of nitrogens with one attached hydrogen (secondary N) is 1. The predicted molar refractivity (Wildman–Crippen MR) is 143 cm³/mol. The first-order valence-electron chi connectivity index (χ1n) is 11.7. The van der Waals surface area contributed by atoms with Crippen molar-refractivity contribution in [3.05, 3.63) is 120 Å². The second kappa shape index (κ2) is 11.1. The van der Waals surface area contributed by atoms with Gasteiger partial charge in [-0.05, 0) is 86.6 Å². The number of hydrogen-bond donors (Lipinski definition) is 1. The van der Waals surface area contributed by atoms with Crippen LogP contribution in [0.1, 0.15) is 33.5 Å². The molecule has 1 amide bonds. The Hall–Kier alpha value is -4.43. The zero-order valence-corrected chi connectivity index (χ0v) is 21.2. The largest absolute Gasteiger partial charge is 0.486 e. The fourth-order valence-corrected chi connectivity index (χ4v) is 4.57. The molecule has 8 heteroatoms. The van der Waals surface area contributed by atoms with Crippen LogP contribution < -0.4 is 10.2 Å². The Labute approximate surface area is 218 Å². The molecule has 5 rings (SSSR count). The molecule has 0 saturated carbocycles. The zero-order chi connectivity index (χ0) is 25.6. The van der Waals surface area contributed by atoms with Crippen LogP contribution in [0.3, 0.4) is 0 Å². The number of nitrogens with zero attached hydrogens (tertiary/aromatic N) is 2. The van der Waals surface area contributed by atoms with Gasteiger partial charge in [-0.1, -0.05) is 30.0 Å². The summed E-state index contributed by atoms with van der Waals surface area (Å²) in [7, 11) is 0. The lowest BCUT2D eigenvalue weighted by atomic mass is 10.3. The topological polar surface area (TPSA) is 81.9 Å². The molecule has 0 saturated heterocycles.